The minimum absolute atomic E-state index is 0.00595. The van der Waals surface area contributed by atoms with Crippen molar-refractivity contribution >= 4 is 5.69 Å². The first-order valence-corrected chi connectivity index (χ1v) is 6.16. The van der Waals surface area contributed by atoms with E-state index < -0.39 is 0 Å². The summed E-state index contributed by atoms with van der Waals surface area (Å²) in [5.41, 5.74) is 2.66. The molecule has 0 saturated carbocycles. The molecule has 0 bridgehead atoms. The van der Waals surface area contributed by atoms with Crippen LogP contribution in [0.1, 0.15) is 18.1 Å². The largest absolute Gasteiger partial charge is 0.380 e. The summed E-state index contributed by atoms with van der Waals surface area (Å²) in [5.74, 6) is 0. The molecule has 0 fully saturated rings. The van der Waals surface area contributed by atoms with E-state index in [1.807, 2.05) is 25.3 Å². The monoisotopic (exact) mass is 253 g/mol. The highest BCUT2D eigenvalue weighted by Gasteiger charge is 1.98. The minimum Gasteiger partial charge on any atom is -0.380 e. The molecule has 19 heavy (non-hydrogen) atoms. The molecule has 4 heteroatoms. The van der Waals surface area contributed by atoms with Crippen LogP contribution in [0.5, 0.6) is 0 Å². The second-order valence-electron chi connectivity index (χ2n) is 4.20. The lowest BCUT2D eigenvalue weighted by Gasteiger charge is -2.09. The molecule has 0 aliphatic rings. The van der Waals surface area contributed by atoms with Crippen LogP contribution in [0.3, 0.4) is 0 Å². The Hall–Kier alpha value is -2.54. The Morgan fingerprint density at radius 3 is 2.58 bits per heavy atom. The zero-order valence-electron chi connectivity index (χ0n) is 10.8. The number of nitrogens with zero attached hydrogens (tertiary/aromatic N) is 2. The van der Waals surface area contributed by atoms with Gasteiger partial charge in [0.1, 0.15) is 0 Å². The van der Waals surface area contributed by atoms with Gasteiger partial charge in [-0.3, -0.25) is 4.79 Å². The third-order valence-corrected chi connectivity index (χ3v) is 2.90. The normalized spacial score (nSPS) is 9.89. The molecule has 0 saturated heterocycles. The number of hydrogen-bond acceptors (Lipinski definition) is 3. The molecule has 0 spiro atoms. The van der Waals surface area contributed by atoms with Gasteiger partial charge in [-0.1, -0.05) is 12.1 Å². The summed E-state index contributed by atoms with van der Waals surface area (Å²) in [5, 5.41) is 12.0. The number of nitriles is 1. The standard InChI is InChI=1S/C15H15N3O/c1-2-18-11-14(7-8-15(18)19)17-10-13-5-3-12(9-16)4-6-13/h3-8,11,17H,2,10H2,1H3. The molecule has 0 atom stereocenters. The van der Waals surface area contributed by atoms with Crippen LogP contribution < -0.4 is 10.9 Å². The molecule has 1 heterocycles. The quantitative estimate of drug-likeness (QED) is 0.910. The molecule has 0 aliphatic heterocycles. The summed E-state index contributed by atoms with van der Waals surface area (Å²) >= 11 is 0. The molecule has 4 nitrogen and oxygen atoms in total. The van der Waals surface area contributed by atoms with Crippen LogP contribution in [0, 0.1) is 11.3 Å². The summed E-state index contributed by atoms with van der Waals surface area (Å²) in [4.78, 5) is 11.5. The average Bonchev–Trinajstić information content (AvgIpc) is 2.47. The Kier molecular flexibility index (Phi) is 3.99. The van der Waals surface area contributed by atoms with E-state index in [2.05, 4.69) is 11.4 Å². The number of anilines is 1. The Morgan fingerprint density at radius 1 is 1.21 bits per heavy atom. The summed E-state index contributed by atoms with van der Waals surface area (Å²) in [7, 11) is 0. The molecule has 0 radical (unpaired) electrons. The van der Waals surface area contributed by atoms with E-state index in [1.165, 1.54) is 0 Å². The van der Waals surface area contributed by atoms with E-state index >= 15 is 0 Å². The number of benzene rings is 1. The van der Waals surface area contributed by atoms with Crippen molar-refractivity contribution in [2.45, 2.75) is 20.0 Å². The van der Waals surface area contributed by atoms with Gasteiger partial charge in [0.2, 0.25) is 0 Å². The van der Waals surface area contributed by atoms with Gasteiger partial charge in [0, 0.05) is 25.4 Å². The average molecular weight is 253 g/mol. The van der Waals surface area contributed by atoms with Crippen LogP contribution >= 0.6 is 0 Å². The lowest BCUT2D eigenvalue weighted by Crippen LogP contribution is -2.17. The summed E-state index contributed by atoms with van der Waals surface area (Å²) in [6.07, 6.45) is 1.81. The first-order valence-electron chi connectivity index (χ1n) is 6.16. The van der Waals surface area contributed by atoms with Crippen molar-refractivity contribution in [1.29, 1.82) is 5.26 Å². The van der Waals surface area contributed by atoms with Gasteiger partial charge < -0.3 is 9.88 Å². The number of hydrogen-bond donors (Lipinski definition) is 1. The first-order chi connectivity index (χ1) is 9.22. The smallest absolute Gasteiger partial charge is 0.250 e. The maximum Gasteiger partial charge on any atom is 0.250 e. The Balaban J connectivity index is 2.06. The first kappa shape index (κ1) is 12.9. The molecular formula is C15H15N3O. The lowest BCUT2D eigenvalue weighted by atomic mass is 10.1. The van der Waals surface area contributed by atoms with E-state index in [0.717, 1.165) is 11.3 Å². The number of pyridine rings is 1. The molecule has 96 valence electrons. The van der Waals surface area contributed by atoms with Crippen LogP contribution in [-0.4, -0.2) is 4.57 Å². The fourth-order valence-electron chi connectivity index (χ4n) is 1.78. The zero-order chi connectivity index (χ0) is 13.7. The molecular weight excluding hydrogens is 238 g/mol. The van der Waals surface area contributed by atoms with Crippen LogP contribution in [0.4, 0.5) is 5.69 Å². The maximum atomic E-state index is 11.5. The van der Waals surface area contributed by atoms with Gasteiger partial charge in [-0.25, -0.2) is 0 Å². The summed E-state index contributed by atoms with van der Waals surface area (Å²) in [6.45, 7) is 3.25. The van der Waals surface area contributed by atoms with E-state index in [9.17, 15) is 4.79 Å². The minimum atomic E-state index is 0.00595. The van der Waals surface area contributed by atoms with Gasteiger partial charge in [-0.15, -0.1) is 0 Å². The molecule has 1 aromatic heterocycles. The van der Waals surface area contributed by atoms with Gasteiger partial charge in [0.15, 0.2) is 0 Å². The summed E-state index contributed by atoms with van der Waals surface area (Å²) < 4.78 is 1.65. The molecule has 0 aliphatic carbocycles. The zero-order valence-corrected chi connectivity index (χ0v) is 10.8. The van der Waals surface area contributed by atoms with Crippen molar-refractivity contribution in [1.82, 2.24) is 4.57 Å². The van der Waals surface area contributed by atoms with Gasteiger partial charge in [-0.2, -0.15) is 5.26 Å². The van der Waals surface area contributed by atoms with Crippen molar-refractivity contribution in [3.05, 3.63) is 64.1 Å². The Morgan fingerprint density at radius 2 is 1.95 bits per heavy atom. The van der Waals surface area contributed by atoms with Gasteiger partial charge in [0.05, 0.1) is 17.3 Å². The highest BCUT2D eigenvalue weighted by Crippen LogP contribution is 2.08. The molecule has 1 aromatic carbocycles. The number of aryl methyl sites for hydroxylation is 1. The van der Waals surface area contributed by atoms with E-state index in [-0.39, 0.29) is 5.56 Å². The number of nitrogens with one attached hydrogen (secondary N) is 1. The fraction of sp³-hybridized carbons (Fsp3) is 0.200. The van der Waals surface area contributed by atoms with Gasteiger partial charge in [-0.05, 0) is 30.7 Å². The van der Waals surface area contributed by atoms with Crippen molar-refractivity contribution in [2.75, 3.05) is 5.32 Å². The van der Waals surface area contributed by atoms with Gasteiger partial charge in [0.25, 0.3) is 5.56 Å². The fourth-order valence-corrected chi connectivity index (χ4v) is 1.78. The predicted octanol–water partition coefficient (Wildman–Crippen LogP) is 2.35. The Bertz CT molecular complexity index is 650. The van der Waals surface area contributed by atoms with E-state index in [0.29, 0.717) is 18.7 Å². The molecule has 0 unspecified atom stereocenters. The van der Waals surface area contributed by atoms with Crippen LogP contribution in [0.2, 0.25) is 0 Å². The van der Waals surface area contributed by atoms with Gasteiger partial charge >= 0.3 is 0 Å². The molecule has 0 amide bonds. The number of rotatable bonds is 4. The highest BCUT2D eigenvalue weighted by molar-refractivity contribution is 5.41. The SMILES string of the molecule is CCn1cc(NCc2ccc(C#N)cc2)ccc1=O. The number of aromatic nitrogens is 1. The van der Waals surface area contributed by atoms with Crippen molar-refractivity contribution in [2.24, 2.45) is 0 Å². The topological polar surface area (TPSA) is 57.8 Å². The predicted molar refractivity (Wildman–Crippen MR) is 74.9 cm³/mol. The van der Waals surface area contributed by atoms with Crippen molar-refractivity contribution in [3.8, 4) is 6.07 Å². The molecule has 1 N–H and O–H groups in total. The third-order valence-electron chi connectivity index (χ3n) is 2.90. The van der Waals surface area contributed by atoms with Crippen LogP contribution in [0.15, 0.2) is 47.4 Å². The van der Waals surface area contributed by atoms with Crippen molar-refractivity contribution < 1.29 is 0 Å². The second-order valence-corrected chi connectivity index (χ2v) is 4.20. The van der Waals surface area contributed by atoms with Crippen LogP contribution in [0.25, 0.3) is 0 Å². The lowest BCUT2D eigenvalue weighted by molar-refractivity contribution is 0.727. The summed E-state index contributed by atoms with van der Waals surface area (Å²) in [6, 6.07) is 12.9. The van der Waals surface area contributed by atoms with E-state index in [4.69, 9.17) is 5.26 Å². The second kappa shape index (κ2) is 5.87. The maximum absolute atomic E-state index is 11.5. The Labute approximate surface area is 111 Å². The molecule has 2 aromatic rings. The van der Waals surface area contributed by atoms with E-state index in [1.54, 1.807) is 28.8 Å². The van der Waals surface area contributed by atoms with Crippen LogP contribution in [-0.2, 0) is 13.1 Å². The van der Waals surface area contributed by atoms with Crippen molar-refractivity contribution in [3.63, 3.8) is 0 Å². The molecule has 2 rings (SSSR count). The third kappa shape index (κ3) is 3.23. The highest BCUT2D eigenvalue weighted by atomic mass is 16.1.